The number of nitrogens with one attached hydrogen (secondary N) is 1. The third kappa shape index (κ3) is 2.79. The lowest BCUT2D eigenvalue weighted by molar-refractivity contribution is 0.496. The minimum atomic E-state index is 0.0710. The summed E-state index contributed by atoms with van der Waals surface area (Å²) < 4.78 is 3.63. The second-order valence-electron chi connectivity index (χ2n) is 5.95. The first-order chi connectivity index (χ1) is 10.5. The SMILES string of the molecule is Cc1cc(N[C@H](CC(C)C)c2ncnn2C)n2nccc2n1. The standard InChI is InChI=1S/C15H21N7/c1-10(2)7-12(15-16-9-18-21(15)4)20-14-8-11(3)19-13-5-6-17-22(13)14/h5-6,8-10,12,20H,7H2,1-4H3/t12-/m1/s1. The molecule has 22 heavy (non-hydrogen) atoms. The van der Waals surface area contributed by atoms with Crippen LogP contribution >= 0.6 is 0 Å². The molecule has 1 N–H and O–H groups in total. The third-order valence-corrected chi connectivity index (χ3v) is 3.57. The second-order valence-corrected chi connectivity index (χ2v) is 5.95. The topological polar surface area (TPSA) is 72.9 Å². The quantitative estimate of drug-likeness (QED) is 0.783. The van der Waals surface area contributed by atoms with Crippen LogP contribution in [0, 0.1) is 12.8 Å². The molecule has 3 aromatic rings. The van der Waals surface area contributed by atoms with Crippen molar-refractivity contribution in [2.24, 2.45) is 13.0 Å². The molecule has 7 nitrogen and oxygen atoms in total. The van der Waals surface area contributed by atoms with E-state index in [-0.39, 0.29) is 6.04 Å². The zero-order chi connectivity index (χ0) is 15.7. The van der Waals surface area contributed by atoms with Crippen molar-refractivity contribution in [2.45, 2.75) is 33.2 Å². The highest BCUT2D eigenvalue weighted by Crippen LogP contribution is 2.24. The number of fused-ring (bicyclic) bond motifs is 1. The lowest BCUT2D eigenvalue weighted by Crippen LogP contribution is -2.19. The number of nitrogens with zero attached hydrogens (tertiary/aromatic N) is 6. The van der Waals surface area contributed by atoms with Crippen LogP contribution in [-0.2, 0) is 7.05 Å². The Bertz CT molecular complexity index is 771. The van der Waals surface area contributed by atoms with Crippen molar-refractivity contribution < 1.29 is 0 Å². The van der Waals surface area contributed by atoms with E-state index in [1.165, 1.54) is 0 Å². The molecular formula is C15H21N7. The van der Waals surface area contributed by atoms with Crippen LogP contribution in [0.4, 0.5) is 5.82 Å². The summed E-state index contributed by atoms with van der Waals surface area (Å²) in [7, 11) is 1.92. The summed E-state index contributed by atoms with van der Waals surface area (Å²) >= 11 is 0. The number of hydrogen-bond acceptors (Lipinski definition) is 5. The van der Waals surface area contributed by atoms with Crippen LogP contribution < -0.4 is 5.32 Å². The monoisotopic (exact) mass is 299 g/mol. The zero-order valence-electron chi connectivity index (χ0n) is 13.4. The Hall–Kier alpha value is -2.44. The molecule has 0 amide bonds. The summed E-state index contributed by atoms with van der Waals surface area (Å²) in [5.41, 5.74) is 1.79. The Morgan fingerprint density at radius 1 is 1.27 bits per heavy atom. The molecule has 116 valence electrons. The summed E-state index contributed by atoms with van der Waals surface area (Å²) in [6.45, 7) is 6.39. The van der Waals surface area contributed by atoms with Gasteiger partial charge in [0.25, 0.3) is 0 Å². The van der Waals surface area contributed by atoms with Gasteiger partial charge in [0.1, 0.15) is 18.0 Å². The first-order valence-corrected chi connectivity index (χ1v) is 7.46. The van der Waals surface area contributed by atoms with E-state index < -0.39 is 0 Å². The fourth-order valence-electron chi connectivity index (χ4n) is 2.64. The van der Waals surface area contributed by atoms with Crippen molar-refractivity contribution >= 4 is 11.5 Å². The van der Waals surface area contributed by atoms with Gasteiger partial charge in [-0.1, -0.05) is 13.8 Å². The molecule has 0 saturated carbocycles. The van der Waals surface area contributed by atoms with E-state index in [1.807, 2.05) is 35.3 Å². The maximum Gasteiger partial charge on any atom is 0.157 e. The lowest BCUT2D eigenvalue weighted by Gasteiger charge is -2.21. The van der Waals surface area contributed by atoms with Crippen LogP contribution in [0.5, 0.6) is 0 Å². The van der Waals surface area contributed by atoms with Crippen LogP contribution in [0.1, 0.15) is 37.8 Å². The van der Waals surface area contributed by atoms with Crippen LogP contribution in [0.2, 0.25) is 0 Å². The number of aryl methyl sites for hydroxylation is 2. The van der Waals surface area contributed by atoms with Crippen molar-refractivity contribution in [2.75, 3.05) is 5.32 Å². The molecular weight excluding hydrogens is 278 g/mol. The van der Waals surface area contributed by atoms with E-state index in [4.69, 9.17) is 0 Å². The van der Waals surface area contributed by atoms with E-state index in [1.54, 1.807) is 12.5 Å². The number of aromatic nitrogens is 6. The van der Waals surface area contributed by atoms with Gasteiger partial charge in [-0.2, -0.15) is 14.7 Å². The van der Waals surface area contributed by atoms with Crippen molar-refractivity contribution in [3.63, 3.8) is 0 Å². The molecule has 3 aromatic heterocycles. The van der Waals surface area contributed by atoms with Gasteiger partial charge >= 0.3 is 0 Å². The summed E-state index contributed by atoms with van der Waals surface area (Å²) in [5, 5.41) is 12.1. The van der Waals surface area contributed by atoms with Gasteiger partial charge in [-0.15, -0.1) is 0 Å². The fourth-order valence-corrected chi connectivity index (χ4v) is 2.64. The molecule has 0 aliphatic carbocycles. The van der Waals surface area contributed by atoms with Crippen molar-refractivity contribution in [1.29, 1.82) is 0 Å². The summed E-state index contributed by atoms with van der Waals surface area (Å²) in [4.78, 5) is 8.87. The van der Waals surface area contributed by atoms with E-state index in [2.05, 4.69) is 39.3 Å². The Balaban J connectivity index is 1.98. The van der Waals surface area contributed by atoms with Gasteiger partial charge in [-0.25, -0.2) is 9.97 Å². The summed E-state index contributed by atoms with van der Waals surface area (Å²) in [6, 6.07) is 3.98. The average Bonchev–Trinajstić information content (AvgIpc) is 3.05. The van der Waals surface area contributed by atoms with Crippen molar-refractivity contribution in [3.8, 4) is 0 Å². The van der Waals surface area contributed by atoms with Crippen LogP contribution in [0.25, 0.3) is 5.65 Å². The van der Waals surface area contributed by atoms with E-state index >= 15 is 0 Å². The molecule has 3 heterocycles. The zero-order valence-corrected chi connectivity index (χ0v) is 13.4. The minimum Gasteiger partial charge on any atom is -0.360 e. The summed E-state index contributed by atoms with van der Waals surface area (Å²) in [6.07, 6.45) is 4.30. The molecule has 0 bridgehead atoms. The molecule has 0 aromatic carbocycles. The molecule has 0 aliphatic rings. The van der Waals surface area contributed by atoms with Crippen molar-refractivity contribution in [3.05, 3.63) is 36.2 Å². The average molecular weight is 299 g/mol. The van der Waals surface area contributed by atoms with Crippen LogP contribution in [0.15, 0.2) is 24.7 Å². The smallest absolute Gasteiger partial charge is 0.157 e. The largest absolute Gasteiger partial charge is 0.360 e. The lowest BCUT2D eigenvalue weighted by atomic mass is 10.0. The Labute approximate surface area is 129 Å². The highest BCUT2D eigenvalue weighted by atomic mass is 15.3. The van der Waals surface area contributed by atoms with Gasteiger partial charge in [0.15, 0.2) is 5.65 Å². The minimum absolute atomic E-state index is 0.0710. The van der Waals surface area contributed by atoms with Gasteiger partial charge < -0.3 is 5.32 Å². The predicted octanol–water partition coefficient (Wildman–Crippen LogP) is 2.37. The van der Waals surface area contributed by atoms with Gasteiger partial charge in [-0.05, 0) is 19.3 Å². The first kappa shape index (κ1) is 14.5. The van der Waals surface area contributed by atoms with Crippen molar-refractivity contribution in [1.82, 2.24) is 29.4 Å². The fraction of sp³-hybridized carbons (Fsp3) is 0.467. The molecule has 7 heteroatoms. The number of rotatable bonds is 5. The predicted molar refractivity (Wildman–Crippen MR) is 84.5 cm³/mol. The Kier molecular flexibility index (Phi) is 3.79. The number of anilines is 1. The normalized spacial score (nSPS) is 13.0. The van der Waals surface area contributed by atoms with E-state index in [0.29, 0.717) is 5.92 Å². The van der Waals surface area contributed by atoms with Crippen LogP contribution in [0.3, 0.4) is 0 Å². The molecule has 0 spiro atoms. The highest BCUT2D eigenvalue weighted by molar-refractivity contribution is 5.49. The molecule has 0 unspecified atom stereocenters. The first-order valence-electron chi connectivity index (χ1n) is 7.46. The second kappa shape index (κ2) is 5.75. The molecule has 1 atom stereocenters. The Morgan fingerprint density at radius 3 is 2.77 bits per heavy atom. The van der Waals surface area contributed by atoms with Gasteiger partial charge in [-0.3, -0.25) is 4.68 Å². The van der Waals surface area contributed by atoms with Crippen LogP contribution in [-0.4, -0.2) is 29.4 Å². The van der Waals surface area contributed by atoms with E-state index in [9.17, 15) is 0 Å². The Morgan fingerprint density at radius 2 is 2.09 bits per heavy atom. The third-order valence-electron chi connectivity index (χ3n) is 3.57. The van der Waals surface area contributed by atoms with Gasteiger partial charge in [0.05, 0.1) is 12.2 Å². The molecule has 3 rings (SSSR count). The molecule has 0 radical (unpaired) electrons. The summed E-state index contributed by atoms with van der Waals surface area (Å²) in [5.74, 6) is 2.37. The van der Waals surface area contributed by atoms with Gasteiger partial charge in [0.2, 0.25) is 0 Å². The van der Waals surface area contributed by atoms with Gasteiger partial charge in [0, 0.05) is 24.9 Å². The molecule has 0 fully saturated rings. The maximum absolute atomic E-state index is 4.47. The highest BCUT2D eigenvalue weighted by Gasteiger charge is 2.19. The molecule has 0 saturated heterocycles. The number of hydrogen-bond donors (Lipinski definition) is 1. The molecule has 0 aliphatic heterocycles. The maximum atomic E-state index is 4.47. The van der Waals surface area contributed by atoms with E-state index in [0.717, 1.165) is 29.4 Å².